The van der Waals surface area contributed by atoms with Gasteiger partial charge in [0.2, 0.25) is 11.8 Å². The Morgan fingerprint density at radius 3 is 2.44 bits per heavy atom. The number of ether oxygens (including phenoxy) is 1. The Balaban J connectivity index is 2.81. The standard InChI is InChI=1S/C20H29FN2O4/c1-4-5-6-7-11-17(20(26)27-3)23-19(25)18(22-14(2)24)13-15-9-8-10-16(21)12-15/h8-10,12,17-18H,4-7,11,13H2,1-3H3,(H,22,24)(H,23,25)/t17-,18+/m1/s1. The molecular formula is C20H29FN2O4. The SMILES string of the molecule is CCCCCC[C@@H](NC(=O)[C@H](Cc1cccc(F)c1)NC(C)=O)C(=O)OC. The van der Waals surface area contributed by atoms with Crippen molar-refractivity contribution in [1.29, 1.82) is 0 Å². The van der Waals surface area contributed by atoms with Crippen molar-refractivity contribution < 1.29 is 23.5 Å². The fourth-order valence-electron chi connectivity index (χ4n) is 2.79. The Morgan fingerprint density at radius 1 is 1.11 bits per heavy atom. The predicted molar refractivity (Wildman–Crippen MR) is 100 cm³/mol. The fourth-order valence-corrected chi connectivity index (χ4v) is 2.79. The maximum Gasteiger partial charge on any atom is 0.328 e. The second-order valence-electron chi connectivity index (χ2n) is 6.52. The first-order valence-corrected chi connectivity index (χ1v) is 9.27. The molecule has 6 nitrogen and oxygen atoms in total. The van der Waals surface area contributed by atoms with Crippen molar-refractivity contribution in [2.75, 3.05) is 7.11 Å². The lowest BCUT2D eigenvalue weighted by atomic mass is 10.0. The Morgan fingerprint density at radius 2 is 1.85 bits per heavy atom. The number of hydrogen-bond acceptors (Lipinski definition) is 4. The van der Waals surface area contributed by atoms with Crippen molar-refractivity contribution in [3.05, 3.63) is 35.6 Å². The average Bonchev–Trinajstić information content (AvgIpc) is 2.62. The summed E-state index contributed by atoms with van der Waals surface area (Å²) in [7, 11) is 1.27. The summed E-state index contributed by atoms with van der Waals surface area (Å²) in [5.41, 5.74) is 0.571. The molecule has 0 unspecified atom stereocenters. The van der Waals surface area contributed by atoms with Gasteiger partial charge in [-0.25, -0.2) is 9.18 Å². The molecule has 0 spiro atoms. The zero-order valence-corrected chi connectivity index (χ0v) is 16.2. The monoisotopic (exact) mass is 380 g/mol. The van der Waals surface area contributed by atoms with Gasteiger partial charge < -0.3 is 15.4 Å². The minimum Gasteiger partial charge on any atom is -0.467 e. The summed E-state index contributed by atoms with van der Waals surface area (Å²) in [6.07, 6.45) is 4.43. The molecule has 0 aliphatic heterocycles. The normalized spacial score (nSPS) is 12.7. The number of carbonyl (C=O) groups is 3. The van der Waals surface area contributed by atoms with Gasteiger partial charge in [-0.05, 0) is 24.1 Å². The number of esters is 1. The molecule has 0 aliphatic carbocycles. The van der Waals surface area contributed by atoms with Crippen LogP contribution in [0.3, 0.4) is 0 Å². The summed E-state index contributed by atoms with van der Waals surface area (Å²) in [6, 6.07) is 4.15. The first-order chi connectivity index (χ1) is 12.9. The Kier molecular flexibility index (Phi) is 10.1. The van der Waals surface area contributed by atoms with Gasteiger partial charge in [-0.3, -0.25) is 9.59 Å². The predicted octanol–water partition coefficient (Wildman–Crippen LogP) is 2.50. The van der Waals surface area contributed by atoms with Crippen LogP contribution in [-0.2, 0) is 25.5 Å². The highest BCUT2D eigenvalue weighted by Crippen LogP contribution is 2.10. The Bertz CT molecular complexity index is 636. The van der Waals surface area contributed by atoms with Crippen LogP contribution in [0.15, 0.2) is 24.3 Å². The summed E-state index contributed by atoms with van der Waals surface area (Å²) in [5.74, 6) is -1.82. The molecule has 27 heavy (non-hydrogen) atoms. The van der Waals surface area contributed by atoms with Gasteiger partial charge in [0.1, 0.15) is 17.9 Å². The third kappa shape index (κ3) is 8.66. The molecule has 0 aliphatic rings. The molecule has 0 bridgehead atoms. The van der Waals surface area contributed by atoms with Crippen molar-refractivity contribution in [3.63, 3.8) is 0 Å². The summed E-state index contributed by atoms with van der Waals surface area (Å²) in [4.78, 5) is 36.1. The number of carbonyl (C=O) groups excluding carboxylic acids is 3. The largest absolute Gasteiger partial charge is 0.467 e. The number of unbranched alkanes of at least 4 members (excludes halogenated alkanes) is 3. The number of hydrogen-bond donors (Lipinski definition) is 2. The zero-order valence-electron chi connectivity index (χ0n) is 16.2. The van der Waals surface area contributed by atoms with Gasteiger partial charge in [0.25, 0.3) is 0 Å². The summed E-state index contributed by atoms with van der Waals surface area (Å²) < 4.78 is 18.2. The minimum absolute atomic E-state index is 0.118. The number of methoxy groups -OCH3 is 1. The molecule has 150 valence electrons. The van der Waals surface area contributed by atoms with E-state index in [0.717, 1.165) is 25.7 Å². The van der Waals surface area contributed by atoms with Crippen LogP contribution in [0.5, 0.6) is 0 Å². The van der Waals surface area contributed by atoms with Gasteiger partial charge in [0.05, 0.1) is 7.11 Å². The van der Waals surface area contributed by atoms with E-state index in [1.807, 2.05) is 0 Å². The molecular weight excluding hydrogens is 351 g/mol. The smallest absolute Gasteiger partial charge is 0.328 e. The molecule has 2 N–H and O–H groups in total. The van der Waals surface area contributed by atoms with Gasteiger partial charge in [0.15, 0.2) is 0 Å². The van der Waals surface area contributed by atoms with E-state index in [4.69, 9.17) is 4.74 Å². The van der Waals surface area contributed by atoms with E-state index in [0.29, 0.717) is 12.0 Å². The third-order valence-electron chi connectivity index (χ3n) is 4.17. The van der Waals surface area contributed by atoms with E-state index in [1.165, 1.54) is 26.2 Å². The second-order valence-corrected chi connectivity index (χ2v) is 6.52. The van der Waals surface area contributed by atoms with Crippen LogP contribution < -0.4 is 10.6 Å². The van der Waals surface area contributed by atoms with Crippen LogP contribution in [0.4, 0.5) is 4.39 Å². The molecule has 0 fully saturated rings. The van der Waals surface area contributed by atoms with Crippen molar-refractivity contribution in [2.45, 2.75) is 64.5 Å². The van der Waals surface area contributed by atoms with E-state index < -0.39 is 29.8 Å². The first-order valence-electron chi connectivity index (χ1n) is 9.27. The molecule has 0 saturated heterocycles. The summed E-state index contributed by atoms with van der Waals surface area (Å²) in [5, 5.41) is 5.22. The van der Waals surface area contributed by atoms with Crippen LogP contribution in [0, 0.1) is 5.82 Å². The lowest BCUT2D eigenvalue weighted by Gasteiger charge is -2.22. The highest BCUT2D eigenvalue weighted by Gasteiger charge is 2.26. The molecule has 0 heterocycles. The number of benzene rings is 1. The highest BCUT2D eigenvalue weighted by molar-refractivity contribution is 5.90. The molecule has 0 aromatic heterocycles. The van der Waals surface area contributed by atoms with Crippen molar-refractivity contribution in [2.24, 2.45) is 0 Å². The lowest BCUT2D eigenvalue weighted by molar-refractivity contribution is -0.145. The summed E-state index contributed by atoms with van der Waals surface area (Å²) >= 11 is 0. The highest BCUT2D eigenvalue weighted by atomic mass is 19.1. The van der Waals surface area contributed by atoms with E-state index >= 15 is 0 Å². The Hall–Kier alpha value is -2.44. The van der Waals surface area contributed by atoms with E-state index in [2.05, 4.69) is 17.6 Å². The maximum absolute atomic E-state index is 13.4. The lowest BCUT2D eigenvalue weighted by Crippen LogP contribution is -2.52. The van der Waals surface area contributed by atoms with Crippen LogP contribution >= 0.6 is 0 Å². The van der Waals surface area contributed by atoms with Crippen LogP contribution in [0.25, 0.3) is 0 Å². The number of rotatable bonds is 11. The van der Waals surface area contributed by atoms with Gasteiger partial charge >= 0.3 is 5.97 Å². The van der Waals surface area contributed by atoms with Crippen LogP contribution in [-0.4, -0.2) is 37.0 Å². The quantitative estimate of drug-likeness (QED) is 0.456. The van der Waals surface area contributed by atoms with Gasteiger partial charge in [-0.15, -0.1) is 0 Å². The first kappa shape index (κ1) is 22.6. The third-order valence-corrected chi connectivity index (χ3v) is 4.17. The molecule has 7 heteroatoms. The molecule has 0 saturated carbocycles. The average molecular weight is 380 g/mol. The molecule has 1 rings (SSSR count). The van der Waals surface area contributed by atoms with Crippen molar-refractivity contribution in [1.82, 2.24) is 10.6 Å². The van der Waals surface area contributed by atoms with E-state index in [9.17, 15) is 18.8 Å². The van der Waals surface area contributed by atoms with Gasteiger partial charge in [0, 0.05) is 13.3 Å². The number of nitrogens with one attached hydrogen (secondary N) is 2. The maximum atomic E-state index is 13.4. The van der Waals surface area contributed by atoms with Gasteiger partial charge in [-0.2, -0.15) is 0 Å². The molecule has 2 atom stereocenters. The number of amides is 2. The molecule has 1 aromatic carbocycles. The molecule has 1 aromatic rings. The van der Waals surface area contributed by atoms with E-state index in [1.54, 1.807) is 12.1 Å². The van der Waals surface area contributed by atoms with Crippen molar-refractivity contribution >= 4 is 17.8 Å². The number of halogens is 1. The zero-order chi connectivity index (χ0) is 20.2. The van der Waals surface area contributed by atoms with Crippen LogP contribution in [0.2, 0.25) is 0 Å². The fraction of sp³-hybridized carbons (Fsp3) is 0.550. The van der Waals surface area contributed by atoms with Crippen molar-refractivity contribution in [3.8, 4) is 0 Å². The summed E-state index contributed by atoms with van der Waals surface area (Å²) in [6.45, 7) is 3.39. The Labute approximate surface area is 159 Å². The molecule has 0 radical (unpaired) electrons. The minimum atomic E-state index is -0.910. The van der Waals surface area contributed by atoms with Gasteiger partial charge in [-0.1, -0.05) is 44.7 Å². The molecule has 2 amide bonds. The van der Waals surface area contributed by atoms with E-state index in [-0.39, 0.29) is 12.3 Å². The topological polar surface area (TPSA) is 84.5 Å². The van der Waals surface area contributed by atoms with Crippen LogP contribution in [0.1, 0.15) is 51.5 Å². The second kappa shape index (κ2) is 12.0.